The summed E-state index contributed by atoms with van der Waals surface area (Å²) >= 11 is 0. The number of hydrogen-bond donors (Lipinski definition) is 1. The molecule has 88 valence electrons. The van der Waals surface area contributed by atoms with Crippen molar-refractivity contribution in [3.05, 3.63) is 35.4 Å². The second kappa shape index (κ2) is 4.91. The minimum Gasteiger partial charge on any atom is -0.314 e. The zero-order valence-corrected chi connectivity index (χ0v) is 9.47. The molecule has 3 heteroatoms. The van der Waals surface area contributed by atoms with Crippen molar-refractivity contribution in [3.8, 4) is 0 Å². The average molecular weight is 225 g/mol. The highest BCUT2D eigenvalue weighted by atomic mass is 19.1. The molecule has 0 bridgehead atoms. The van der Waals surface area contributed by atoms with Crippen molar-refractivity contribution in [2.75, 3.05) is 6.54 Å². The number of benzene rings is 1. The fourth-order valence-corrected chi connectivity index (χ4v) is 1.93. The van der Waals surface area contributed by atoms with Crippen molar-refractivity contribution in [2.24, 2.45) is 5.92 Å². The molecule has 0 aromatic heterocycles. The van der Waals surface area contributed by atoms with Crippen LogP contribution < -0.4 is 5.32 Å². The summed E-state index contributed by atoms with van der Waals surface area (Å²) in [6.07, 6.45) is 3.13. The van der Waals surface area contributed by atoms with E-state index < -0.39 is 0 Å². The Bertz CT molecular complexity index is 361. The highest BCUT2D eigenvalue weighted by Crippen LogP contribution is 2.32. The molecule has 1 fully saturated rings. The van der Waals surface area contributed by atoms with E-state index in [-0.39, 0.29) is 11.6 Å². The normalized spacial score (nSPS) is 17.4. The molecule has 1 aromatic carbocycles. The summed E-state index contributed by atoms with van der Waals surface area (Å²) in [5, 5.41) is 3.35. The Balaban J connectivity index is 1.81. The number of nitrogens with one attached hydrogen (secondary N) is 1. The lowest BCUT2D eigenvalue weighted by Crippen LogP contribution is -2.29. The summed E-state index contributed by atoms with van der Waals surface area (Å²) in [6.45, 7) is 2.86. The Morgan fingerprint density at radius 2 is 2.12 bits per heavy atom. The van der Waals surface area contributed by atoms with Gasteiger partial charge in [-0.05, 0) is 62.4 Å². The second-order valence-corrected chi connectivity index (χ2v) is 4.57. The van der Waals surface area contributed by atoms with Crippen molar-refractivity contribution in [1.29, 1.82) is 0 Å². The zero-order valence-electron chi connectivity index (χ0n) is 9.47. The largest absolute Gasteiger partial charge is 0.314 e. The molecule has 0 spiro atoms. The lowest BCUT2D eigenvalue weighted by Gasteiger charge is -2.12. The van der Waals surface area contributed by atoms with Gasteiger partial charge in [-0.25, -0.2) is 8.78 Å². The van der Waals surface area contributed by atoms with Gasteiger partial charge in [0.25, 0.3) is 0 Å². The van der Waals surface area contributed by atoms with Crippen LogP contribution >= 0.6 is 0 Å². The molecule has 0 aliphatic heterocycles. The lowest BCUT2D eigenvalue weighted by atomic mass is 10.1. The minimum absolute atomic E-state index is 0.317. The number of hydrogen-bond acceptors (Lipinski definition) is 1. The fourth-order valence-electron chi connectivity index (χ4n) is 1.93. The first-order valence-electron chi connectivity index (χ1n) is 5.84. The highest BCUT2D eigenvalue weighted by molar-refractivity contribution is 5.19. The molecular weight excluding hydrogens is 208 g/mol. The molecule has 1 aliphatic rings. The van der Waals surface area contributed by atoms with Gasteiger partial charge in [0.05, 0.1) is 0 Å². The molecule has 1 unspecified atom stereocenters. The van der Waals surface area contributed by atoms with Gasteiger partial charge in [0.1, 0.15) is 11.6 Å². The van der Waals surface area contributed by atoms with Crippen molar-refractivity contribution in [3.63, 3.8) is 0 Å². The van der Waals surface area contributed by atoms with Gasteiger partial charge in [-0.2, -0.15) is 0 Å². The van der Waals surface area contributed by atoms with Crippen LogP contribution in [0.4, 0.5) is 8.78 Å². The van der Waals surface area contributed by atoms with Gasteiger partial charge in [0.2, 0.25) is 0 Å². The molecule has 1 atom stereocenters. The molecule has 0 saturated heterocycles. The quantitative estimate of drug-likeness (QED) is 0.812. The van der Waals surface area contributed by atoms with Gasteiger partial charge in [-0.15, -0.1) is 0 Å². The van der Waals surface area contributed by atoms with Gasteiger partial charge in [-0.1, -0.05) is 0 Å². The van der Waals surface area contributed by atoms with Crippen molar-refractivity contribution < 1.29 is 8.78 Å². The fraction of sp³-hybridized carbons (Fsp3) is 0.538. The molecule has 0 amide bonds. The summed E-state index contributed by atoms with van der Waals surface area (Å²) in [5.74, 6) is 0.103. The van der Waals surface area contributed by atoms with E-state index in [4.69, 9.17) is 0 Å². The number of halogens is 2. The third kappa shape index (κ3) is 3.01. The average Bonchev–Trinajstić information content (AvgIpc) is 3.06. The van der Waals surface area contributed by atoms with Crippen LogP contribution in [0.25, 0.3) is 0 Å². The molecule has 0 radical (unpaired) electrons. The van der Waals surface area contributed by atoms with E-state index in [0.717, 1.165) is 12.0 Å². The summed E-state index contributed by atoms with van der Waals surface area (Å²) in [5.41, 5.74) is 0.454. The van der Waals surface area contributed by atoms with E-state index in [0.29, 0.717) is 24.6 Å². The van der Waals surface area contributed by atoms with Gasteiger partial charge in [0, 0.05) is 6.04 Å². The van der Waals surface area contributed by atoms with Crippen molar-refractivity contribution in [1.82, 2.24) is 5.32 Å². The van der Waals surface area contributed by atoms with Crippen molar-refractivity contribution >= 4 is 0 Å². The molecule has 1 aliphatic carbocycles. The lowest BCUT2D eigenvalue weighted by molar-refractivity contribution is 0.494. The van der Waals surface area contributed by atoms with Gasteiger partial charge in [-0.3, -0.25) is 0 Å². The van der Waals surface area contributed by atoms with Crippen LogP contribution in [0.1, 0.15) is 25.3 Å². The van der Waals surface area contributed by atoms with E-state index >= 15 is 0 Å². The van der Waals surface area contributed by atoms with Crippen LogP contribution in [0.5, 0.6) is 0 Å². The molecule has 1 nitrogen and oxygen atoms in total. The van der Waals surface area contributed by atoms with Crippen LogP contribution in [0.3, 0.4) is 0 Å². The van der Waals surface area contributed by atoms with Crippen LogP contribution in [-0.4, -0.2) is 12.6 Å². The molecule has 2 rings (SSSR count). The molecule has 0 heterocycles. The maximum absolute atomic E-state index is 13.3. The van der Waals surface area contributed by atoms with Crippen LogP contribution in [-0.2, 0) is 6.42 Å². The smallest absolute Gasteiger partial charge is 0.126 e. The Kier molecular flexibility index (Phi) is 3.54. The van der Waals surface area contributed by atoms with Crippen LogP contribution in [0, 0.1) is 17.6 Å². The van der Waals surface area contributed by atoms with E-state index in [1.165, 1.54) is 25.0 Å². The van der Waals surface area contributed by atoms with Crippen molar-refractivity contribution in [2.45, 2.75) is 32.2 Å². The van der Waals surface area contributed by atoms with E-state index in [1.807, 2.05) is 0 Å². The Morgan fingerprint density at radius 3 is 2.81 bits per heavy atom. The SMILES string of the molecule is CC(NCCc1cc(F)ccc1F)C1CC1. The Hall–Kier alpha value is -0.960. The first-order valence-corrected chi connectivity index (χ1v) is 5.84. The van der Waals surface area contributed by atoms with Crippen LogP contribution in [0.15, 0.2) is 18.2 Å². The minimum atomic E-state index is -0.369. The predicted octanol–water partition coefficient (Wildman–Crippen LogP) is 2.90. The molecular formula is C13H17F2N. The molecule has 16 heavy (non-hydrogen) atoms. The zero-order chi connectivity index (χ0) is 11.5. The maximum Gasteiger partial charge on any atom is 0.126 e. The topological polar surface area (TPSA) is 12.0 Å². The monoisotopic (exact) mass is 225 g/mol. The Morgan fingerprint density at radius 1 is 1.38 bits per heavy atom. The van der Waals surface area contributed by atoms with Gasteiger partial charge >= 0.3 is 0 Å². The molecule has 1 N–H and O–H groups in total. The van der Waals surface area contributed by atoms with E-state index in [9.17, 15) is 8.78 Å². The standard InChI is InChI=1S/C13H17F2N/c1-9(10-2-3-10)16-7-6-11-8-12(14)4-5-13(11)15/h4-5,8-10,16H,2-3,6-7H2,1H3. The van der Waals surface area contributed by atoms with Gasteiger partial charge < -0.3 is 5.32 Å². The maximum atomic E-state index is 13.3. The first-order chi connectivity index (χ1) is 7.66. The predicted molar refractivity (Wildman–Crippen MR) is 60.3 cm³/mol. The van der Waals surface area contributed by atoms with Crippen LogP contribution in [0.2, 0.25) is 0 Å². The third-order valence-electron chi connectivity index (χ3n) is 3.20. The van der Waals surface area contributed by atoms with Gasteiger partial charge in [0.15, 0.2) is 0 Å². The molecule has 1 saturated carbocycles. The summed E-state index contributed by atoms with van der Waals surface area (Å²) in [7, 11) is 0. The van der Waals surface area contributed by atoms with E-state index in [1.54, 1.807) is 0 Å². The first kappa shape index (κ1) is 11.5. The number of rotatable bonds is 5. The summed E-state index contributed by atoms with van der Waals surface area (Å²) < 4.78 is 26.2. The third-order valence-corrected chi connectivity index (χ3v) is 3.20. The second-order valence-electron chi connectivity index (χ2n) is 4.57. The summed E-state index contributed by atoms with van der Waals surface area (Å²) in [6, 6.07) is 4.11. The highest BCUT2D eigenvalue weighted by Gasteiger charge is 2.27. The summed E-state index contributed by atoms with van der Waals surface area (Å²) in [4.78, 5) is 0. The molecule has 1 aromatic rings. The van der Waals surface area contributed by atoms with E-state index in [2.05, 4.69) is 12.2 Å². The Labute approximate surface area is 94.9 Å².